The second-order valence-electron chi connectivity index (χ2n) is 3.15. The number of hydrogen-bond donors (Lipinski definition) is 0. The molecule has 1 aliphatic carbocycles. The molecule has 0 spiro atoms. The van der Waals surface area contributed by atoms with E-state index >= 15 is 0 Å². The topological polar surface area (TPSA) is 43.4 Å². The average molecular weight is 182 g/mol. The highest BCUT2D eigenvalue weighted by Crippen LogP contribution is 2.26. The molecule has 1 saturated carbocycles. The highest BCUT2D eigenvalue weighted by Gasteiger charge is 2.30. The molecule has 0 heterocycles. The summed E-state index contributed by atoms with van der Waals surface area (Å²) in [6.45, 7) is 5.74. The van der Waals surface area contributed by atoms with Crippen LogP contribution in [0.3, 0.4) is 0 Å². The Morgan fingerprint density at radius 1 is 1.69 bits per heavy atom. The normalized spacial score (nSPS) is 23.0. The van der Waals surface area contributed by atoms with E-state index in [2.05, 4.69) is 6.58 Å². The van der Waals surface area contributed by atoms with Crippen molar-refractivity contribution in [3.8, 4) is 0 Å². The van der Waals surface area contributed by atoms with E-state index in [4.69, 9.17) is 4.74 Å². The molecule has 0 N–H and O–H groups in total. The van der Waals surface area contributed by atoms with E-state index in [1.807, 2.05) is 0 Å². The maximum Gasteiger partial charge on any atom is 0.313 e. The van der Waals surface area contributed by atoms with Gasteiger partial charge in [0.25, 0.3) is 0 Å². The monoisotopic (exact) mass is 182 g/mol. The maximum absolute atomic E-state index is 11.3. The van der Waals surface area contributed by atoms with Gasteiger partial charge in [-0.3, -0.25) is 9.59 Å². The molecule has 3 heteroatoms. The fourth-order valence-electron chi connectivity index (χ4n) is 1.50. The molecule has 0 amide bonds. The Morgan fingerprint density at radius 3 is 3.00 bits per heavy atom. The number of ether oxygens (including phenoxy) is 1. The van der Waals surface area contributed by atoms with Gasteiger partial charge >= 0.3 is 5.97 Å². The lowest BCUT2D eigenvalue weighted by atomic mass is 9.84. The average Bonchev–Trinajstić information content (AvgIpc) is 2.10. The Morgan fingerprint density at radius 2 is 2.38 bits per heavy atom. The zero-order chi connectivity index (χ0) is 9.84. The van der Waals surface area contributed by atoms with Gasteiger partial charge < -0.3 is 4.74 Å². The minimum Gasteiger partial charge on any atom is -0.466 e. The van der Waals surface area contributed by atoms with Crippen LogP contribution in [-0.2, 0) is 14.3 Å². The van der Waals surface area contributed by atoms with E-state index in [0.717, 1.165) is 6.42 Å². The summed E-state index contributed by atoms with van der Waals surface area (Å²) in [5.74, 6) is -0.689. The predicted octanol–water partition coefficient (Wildman–Crippen LogP) is 1.47. The molecule has 1 fully saturated rings. The van der Waals surface area contributed by atoms with Gasteiger partial charge in [-0.25, -0.2) is 0 Å². The van der Waals surface area contributed by atoms with Crippen LogP contribution in [0.5, 0.6) is 0 Å². The van der Waals surface area contributed by atoms with Crippen LogP contribution in [0.15, 0.2) is 12.2 Å². The van der Waals surface area contributed by atoms with E-state index in [9.17, 15) is 9.59 Å². The van der Waals surface area contributed by atoms with Gasteiger partial charge in [0.05, 0.1) is 12.5 Å². The highest BCUT2D eigenvalue weighted by molar-refractivity contribution is 6.00. The Bertz CT molecular complexity index is 243. The summed E-state index contributed by atoms with van der Waals surface area (Å²) < 4.78 is 4.85. The lowest BCUT2D eigenvalue weighted by molar-refractivity contribution is -0.148. The zero-order valence-electron chi connectivity index (χ0n) is 7.84. The molecular formula is C10H14O3. The minimum absolute atomic E-state index is 0.00398. The molecular weight excluding hydrogens is 168 g/mol. The lowest BCUT2D eigenvalue weighted by Gasteiger charge is -2.21. The Hall–Kier alpha value is -1.12. The van der Waals surface area contributed by atoms with Crippen molar-refractivity contribution < 1.29 is 14.3 Å². The van der Waals surface area contributed by atoms with Crippen LogP contribution in [0.25, 0.3) is 0 Å². The molecule has 13 heavy (non-hydrogen) atoms. The van der Waals surface area contributed by atoms with Crippen molar-refractivity contribution in [1.82, 2.24) is 0 Å². The van der Waals surface area contributed by atoms with E-state index in [-0.39, 0.29) is 17.7 Å². The van der Waals surface area contributed by atoms with Gasteiger partial charge in [0, 0.05) is 12.0 Å². The van der Waals surface area contributed by atoms with Gasteiger partial charge in [-0.1, -0.05) is 6.58 Å². The second kappa shape index (κ2) is 4.21. The number of esters is 1. The third-order valence-corrected chi connectivity index (χ3v) is 2.25. The number of carbonyl (C=O) groups excluding carboxylic acids is 2. The quantitative estimate of drug-likeness (QED) is 0.480. The second-order valence-corrected chi connectivity index (χ2v) is 3.15. The standard InChI is InChI=1S/C10H14O3/c1-3-13-10(12)8-5-4-6-9(11)7(8)2/h8H,2-6H2,1H3/t8-/m1/s1. The molecule has 0 aromatic rings. The summed E-state index contributed by atoms with van der Waals surface area (Å²) in [6.07, 6.45) is 1.99. The summed E-state index contributed by atoms with van der Waals surface area (Å²) in [4.78, 5) is 22.5. The van der Waals surface area contributed by atoms with Crippen molar-refractivity contribution >= 4 is 11.8 Å². The minimum atomic E-state index is -0.388. The molecule has 0 bridgehead atoms. The van der Waals surface area contributed by atoms with Gasteiger partial charge in [-0.05, 0) is 19.8 Å². The van der Waals surface area contributed by atoms with Crippen molar-refractivity contribution in [3.63, 3.8) is 0 Å². The van der Waals surface area contributed by atoms with E-state index in [1.165, 1.54) is 0 Å². The fraction of sp³-hybridized carbons (Fsp3) is 0.600. The molecule has 0 saturated heterocycles. The van der Waals surface area contributed by atoms with E-state index in [1.54, 1.807) is 6.92 Å². The Balaban J connectivity index is 2.63. The van der Waals surface area contributed by atoms with Crippen LogP contribution in [0.1, 0.15) is 26.2 Å². The van der Waals surface area contributed by atoms with Crippen LogP contribution in [0, 0.1) is 5.92 Å². The summed E-state index contributed by atoms with van der Waals surface area (Å²) in [6, 6.07) is 0. The van der Waals surface area contributed by atoms with Crippen molar-refractivity contribution in [3.05, 3.63) is 12.2 Å². The largest absolute Gasteiger partial charge is 0.466 e. The third-order valence-electron chi connectivity index (χ3n) is 2.25. The number of ketones is 1. The van der Waals surface area contributed by atoms with Gasteiger partial charge in [-0.2, -0.15) is 0 Å². The first-order chi connectivity index (χ1) is 6.16. The summed E-state index contributed by atoms with van der Waals surface area (Å²) in [5, 5.41) is 0. The molecule has 1 atom stereocenters. The third kappa shape index (κ3) is 2.17. The predicted molar refractivity (Wildman–Crippen MR) is 48.1 cm³/mol. The van der Waals surface area contributed by atoms with Crippen LogP contribution < -0.4 is 0 Å². The van der Waals surface area contributed by atoms with Crippen molar-refractivity contribution in [2.75, 3.05) is 6.61 Å². The molecule has 0 aromatic carbocycles. The van der Waals surface area contributed by atoms with Gasteiger partial charge in [0.15, 0.2) is 5.78 Å². The first-order valence-electron chi connectivity index (χ1n) is 4.55. The van der Waals surface area contributed by atoms with Crippen molar-refractivity contribution in [2.24, 2.45) is 5.92 Å². The zero-order valence-corrected chi connectivity index (χ0v) is 7.84. The number of Topliss-reactive ketones (excluding diaryl/α,β-unsaturated/α-hetero) is 1. The lowest BCUT2D eigenvalue weighted by Crippen LogP contribution is -2.27. The van der Waals surface area contributed by atoms with Gasteiger partial charge in [0.2, 0.25) is 0 Å². The van der Waals surface area contributed by atoms with Gasteiger partial charge in [-0.15, -0.1) is 0 Å². The van der Waals surface area contributed by atoms with Crippen molar-refractivity contribution in [1.29, 1.82) is 0 Å². The van der Waals surface area contributed by atoms with Crippen molar-refractivity contribution in [2.45, 2.75) is 26.2 Å². The molecule has 0 unspecified atom stereocenters. The van der Waals surface area contributed by atoms with Crippen LogP contribution >= 0.6 is 0 Å². The SMILES string of the molecule is C=C1C(=O)CCC[C@H]1C(=O)OCC. The van der Waals surface area contributed by atoms with Gasteiger partial charge in [0.1, 0.15) is 0 Å². The molecule has 0 radical (unpaired) electrons. The van der Waals surface area contributed by atoms with E-state index in [0.29, 0.717) is 25.0 Å². The molecule has 3 nitrogen and oxygen atoms in total. The summed E-state index contributed by atoms with van der Waals surface area (Å²) in [7, 11) is 0. The molecule has 1 aliphatic rings. The number of hydrogen-bond acceptors (Lipinski definition) is 3. The molecule has 0 aliphatic heterocycles. The molecule has 0 aromatic heterocycles. The summed E-state index contributed by atoms with van der Waals surface area (Å²) >= 11 is 0. The Kier molecular flexibility index (Phi) is 3.23. The molecule has 1 rings (SSSR count). The first-order valence-corrected chi connectivity index (χ1v) is 4.55. The maximum atomic E-state index is 11.3. The number of carbonyl (C=O) groups is 2. The fourth-order valence-corrected chi connectivity index (χ4v) is 1.50. The first kappa shape index (κ1) is 9.96. The number of rotatable bonds is 2. The smallest absolute Gasteiger partial charge is 0.313 e. The Labute approximate surface area is 77.8 Å². The summed E-state index contributed by atoms with van der Waals surface area (Å²) in [5.41, 5.74) is 0.421. The van der Waals surface area contributed by atoms with Crippen LogP contribution in [-0.4, -0.2) is 18.4 Å². The molecule has 72 valence electrons. The van der Waals surface area contributed by atoms with Crippen LogP contribution in [0.4, 0.5) is 0 Å². The van der Waals surface area contributed by atoms with Crippen LogP contribution in [0.2, 0.25) is 0 Å². The van der Waals surface area contributed by atoms with E-state index < -0.39 is 0 Å². The highest BCUT2D eigenvalue weighted by atomic mass is 16.5.